The number of thioether (sulfide) groups is 1. The fourth-order valence-corrected chi connectivity index (χ4v) is 4.76. The van der Waals surface area contributed by atoms with E-state index in [1.807, 2.05) is 0 Å². The maximum Gasteiger partial charge on any atom is 0.262 e. The van der Waals surface area contributed by atoms with Crippen LogP contribution < -0.4 is 10.9 Å². The Balaban J connectivity index is 1.77. The third-order valence-corrected chi connectivity index (χ3v) is 6.61. The summed E-state index contributed by atoms with van der Waals surface area (Å²) in [7, 11) is 1.63. The van der Waals surface area contributed by atoms with Crippen molar-refractivity contribution in [1.29, 1.82) is 0 Å². The number of hydrogen-bond donors (Lipinski definition) is 1. The number of rotatable bonds is 8. The van der Waals surface area contributed by atoms with E-state index >= 15 is 0 Å². The highest BCUT2D eigenvalue weighted by atomic mass is 35.5. The lowest BCUT2D eigenvalue weighted by Gasteiger charge is -2.29. The van der Waals surface area contributed by atoms with Gasteiger partial charge in [0.15, 0.2) is 5.16 Å². The minimum absolute atomic E-state index is 0.0161. The molecule has 0 saturated heterocycles. The van der Waals surface area contributed by atoms with Crippen LogP contribution in [0.3, 0.4) is 0 Å². The molecule has 1 fully saturated rings. The average Bonchev–Trinajstić information content (AvgIpc) is 2.70. The summed E-state index contributed by atoms with van der Waals surface area (Å²) in [5.74, 6) is 0.718. The molecule has 2 atom stereocenters. The quantitative estimate of drug-likeness (QED) is 0.385. The van der Waals surface area contributed by atoms with Crippen molar-refractivity contribution in [2.24, 2.45) is 5.92 Å². The first-order chi connectivity index (χ1) is 14.0. The summed E-state index contributed by atoms with van der Waals surface area (Å²) in [6.07, 6.45) is 5.28. The van der Waals surface area contributed by atoms with Gasteiger partial charge in [-0.05, 0) is 43.4 Å². The molecule has 0 radical (unpaired) electrons. The standard InChI is InChI=1S/C21H28ClN3O3S/c1-14-6-3-4-7-17(14)23-19(26)13-29-21-24-18-12-15(22)8-9-16(18)20(27)25(21)10-5-11-28-2/h8-9,12,14,17H,3-7,10-11,13H2,1-2H3,(H,23,26)/t14-,17+/m1/s1. The van der Waals surface area contributed by atoms with E-state index in [0.29, 0.717) is 46.6 Å². The second-order valence-electron chi connectivity index (χ2n) is 7.58. The lowest BCUT2D eigenvalue weighted by atomic mass is 9.86. The summed E-state index contributed by atoms with van der Waals surface area (Å²) in [5, 5.41) is 4.74. The van der Waals surface area contributed by atoms with E-state index in [1.54, 1.807) is 29.9 Å². The molecular weight excluding hydrogens is 410 g/mol. The summed E-state index contributed by atoms with van der Waals surface area (Å²) in [6.45, 7) is 3.23. The summed E-state index contributed by atoms with van der Waals surface area (Å²) < 4.78 is 6.75. The van der Waals surface area contributed by atoms with Gasteiger partial charge in [0.05, 0.1) is 16.7 Å². The minimum atomic E-state index is -0.119. The molecule has 1 aliphatic rings. The van der Waals surface area contributed by atoms with Gasteiger partial charge in [-0.15, -0.1) is 0 Å². The molecule has 2 aromatic rings. The van der Waals surface area contributed by atoms with Gasteiger partial charge in [-0.2, -0.15) is 0 Å². The predicted octanol–water partition coefficient (Wildman–Crippen LogP) is 3.87. The first kappa shape index (κ1) is 22.1. The van der Waals surface area contributed by atoms with Crippen molar-refractivity contribution in [1.82, 2.24) is 14.9 Å². The van der Waals surface area contributed by atoms with Crippen LogP contribution in [0.4, 0.5) is 0 Å². The molecule has 3 rings (SSSR count). The van der Waals surface area contributed by atoms with Crippen LogP contribution in [0.25, 0.3) is 10.9 Å². The van der Waals surface area contributed by atoms with Crippen molar-refractivity contribution >= 4 is 40.2 Å². The Morgan fingerprint density at radius 3 is 2.93 bits per heavy atom. The number of halogens is 1. The Kier molecular flexibility index (Phi) is 7.98. The highest BCUT2D eigenvalue weighted by Crippen LogP contribution is 2.24. The minimum Gasteiger partial charge on any atom is -0.385 e. The molecule has 1 heterocycles. The van der Waals surface area contributed by atoms with E-state index in [4.69, 9.17) is 16.3 Å². The van der Waals surface area contributed by atoms with E-state index in [1.165, 1.54) is 18.2 Å². The zero-order valence-electron chi connectivity index (χ0n) is 16.9. The summed E-state index contributed by atoms with van der Waals surface area (Å²) in [6, 6.07) is 5.32. The molecule has 1 aromatic carbocycles. The maximum absolute atomic E-state index is 13.0. The van der Waals surface area contributed by atoms with Gasteiger partial charge < -0.3 is 10.1 Å². The van der Waals surface area contributed by atoms with Crippen molar-refractivity contribution in [3.8, 4) is 0 Å². The topological polar surface area (TPSA) is 73.2 Å². The molecular formula is C21H28ClN3O3S. The van der Waals surface area contributed by atoms with E-state index in [9.17, 15) is 9.59 Å². The number of carbonyl (C=O) groups is 1. The third kappa shape index (κ3) is 5.74. The Morgan fingerprint density at radius 1 is 1.38 bits per heavy atom. The molecule has 29 heavy (non-hydrogen) atoms. The van der Waals surface area contributed by atoms with Crippen LogP contribution >= 0.6 is 23.4 Å². The molecule has 1 N–H and O–H groups in total. The van der Waals surface area contributed by atoms with Gasteiger partial charge in [-0.1, -0.05) is 43.1 Å². The van der Waals surface area contributed by atoms with E-state index in [-0.39, 0.29) is 23.3 Å². The van der Waals surface area contributed by atoms with Gasteiger partial charge in [0.2, 0.25) is 5.91 Å². The van der Waals surface area contributed by atoms with Gasteiger partial charge in [0, 0.05) is 31.3 Å². The first-order valence-electron chi connectivity index (χ1n) is 10.1. The fraction of sp³-hybridized carbons (Fsp3) is 0.571. The molecule has 1 aromatic heterocycles. The van der Waals surface area contributed by atoms with Gasteiger partial charge in [0.1, 0.15) is 0 Å². The maximum atomic E-state index is 13.0. The molecule has 0 unspecified atom stereocenters. The Bertz CT molecular complexity index is 918. The zero-order valence-corrected chi connectivity index (χ0v) is 18.5. The van der Waals surface area contributed by atoms with Crippen LogP contribution in [0.1, 0.15) is 39.0 Å². The first-order valence-corrected chi connectivity index (χ1v) is 11.5. The molecule has 8 heteroatoms. The lowest BCUT2D eigenvalue weighted by Crippen LogP contribution is -2.42. The lowest BCUT2D eigenvalue weighted by molar-refractivity contribution is -0.119. The summed E-state index contributed by atoms with van der Waals surface area (Å²) in [4.78, 5) is 30.1. The van der Waals surface area contributed by atoms with Crippen molar-refractivity contribution in [2.75, 3.05) is 19.5 Å². The predicted molar refractivity (Wildman–Crippen MR) is 118 cm³/mol. The van der Waals surface area contributed by atoms with Crippen LogP contribution in [0.2, 0.25) is 5.02 Å². The SMILES string of the molecule is COCCCn1c(SCC(=O)N[C@H]2CCCC[C@H]2C)nc2cc(Cl)ccc2c1=O. The Labute approximate surface area is 180 Å². The summed E-state index contributed by atoms with van der Waals surface area (Å²) in [5.41, 5.74) is 0.431. The molecule has 1 amide bonds. The number of benzene rings is 1. The normalized spacial score (nSPS) is 19.4. The second-order valence-corrected chi connectivity index (χ2v) is 8.96. The van der Waals surface area contributed by atoms with E-state index in [2.05, 4.69) is 17.2 Å². The largest absolute Gasteiger partial charge is 0.385 e. The van der Waals surface area contributed by atoms with Gasteiger partial charge in [0.25, 0.3) is 5.56 Å². The molecule has 158 valence electrons. The van der Waals surface area contributed by atoms with Gasteiger partial charge in [-0.3, -0.25) is 14.2 Å². The molecule has 1 saturated carbocycles. The third-order valence-electron chi connectivity index (χ3n) is 5.40. The van der Waals surface area contributed by atoms with Crippen molar-refractivity contribution in [3.05, 3.63) is 33.6 Å². The molecule has 6 nitrogen and oxygen atoms in total. The zero-order chi connectivity index (χ0) is 20.8. The number of methoxy groups -OCH3 is 1. The van der Waals surface area contributed by atoms with Crippen LogP contribution in [0, 0.1) is 5.92 Å². The van der Waals surface area contributed by atoms with Crippen LogP contribution in [0.5, 0.6) is 0 Å². The number of carbonyl (C=O) groups excluding carboxylic acids is 1. The van der Waals surface area contributed by atoms with Crippen molar-refractivity contribution in [3.63, 3.8) is 0 Å². The Hall–Kier alpha value is -1.57. The number of ether oxygens (including phenoxy) is 1. The van der Waals surface area contributed by atoms with E-state index < -0.39 is 0 Å². The van der Waals surface area contributed by atoms with Crippen LogP contribution in [0.15, 0.2) is 28.2 Å². The van der Waals surface area contributed by atoms with Crippen LogP contribution in [-0.4, -0.2) is 41.0 Å². The Morgan fingerprint density at radius 2 is 2.17 bits per heavy atom. The smallest absolute Gasteiger partial charge is 0.262 e. The number of aromatic nitrogens is 2. The number of fused-ring (bicyclic) bond motifs is 1. The molecule has 0 spiro atoms. The van der Waals surface area contributed by atoms with Crippen molar-refractivity contribution < 1.29 is 9.53 Å². The monoisotopic (exact) mass is 437 g/mol. The number of nitrogens with zero attached hydrogens (tertiary/aromatic N) is 2. The van der Waals surface area contributed by atoms with Gasteiger partial charge in [-0.25, -0.2) is 4.98 Å². The molecule has 0 aliphatic heterocycles. The van der Waals surface area contributed by atoms with Crippen LogP contribution in [-0.2, 0) is 16.1 Å². The molecule has 0 bridgehead atoms. The van der Waals surface area contributed by atoms with Crippen molar-refractivity contribution in [2.45, 2.75) is 56.8 Å². The highest BCUT2D eigenvalue weighted by molar-refractivity contribution is 7.99. The van der Waals surface area contributed by atoms with E-state index in [0.717, 1.165) is 19.3 Å². The summed E-state index contributed by atoms with van der Waals surface area (Å²) >= 11 is 7.37. The number of amides is 1. The number of hydrogen-bond acceptors (Lipinski definition) is 5. The second kappa shape index (κ2) is 10.5. The van der Waals surface area contributed by atoms with Gasteiger partial charge >= 0.3 is 0 Å². The average molecular weight is 438 g/mol. The number of nitrogens with one attached hydrogen (secondary N) is 1. The highest BCUT2D eigenvalue weighted by Gasteiger charge is 2.23. The molecule has 1 aliphatic carbocycles. The fourth-order valence-electron chi connectivity index (χ4n) is 3.76.